The number of pyridine rings is 1. The molecule has 0 bridgehead atoms. The average Bonchev–Trinajstić information content (AvgIpc) is 2.28. The Labute approximate surface area is 96.3 Å². The van der Waals surface area contributed by atoms with Crippen molar-refractivity contribution in [1.82, 2.24) is 10.3 Å². The molecular formula is C12H19N3O. The van der Waals surface area contributed by atoms with Crippen LogP contribution in [0.25, 0.3) is 0 Å². The van der Waals surface area contributed by atoms with Crippen molar-refractivity contribution in [2.24, 2.45) is 11.7 Å². The Balaban J connectivity index is 2.58. The molecule has 2 atom stereocenters. The van der Waals surface area contributed by atoms with Gasteiger partial charge in [0.1, 0.15) is 0 Å². The molecule has 0 unspecified atom stereocenters. The van der Waals surface area contributed by atoms with Gasteiger partial charge in [0.2, 0.25) is 5.91 Å². The number of carbonyl (C=O) groups excluding carboxylic acids is 1. The van der Waals surface area contributed by atoms with Crippen molar-refractivity contribution < 1.29 is 4.79 Å². The number of amides is 1. The number of nitrogens with one attached hydrogen (secondary N) is 1. The highest BCUT2D eigenvalue weighted by Crippen LogP contribution is 2.10. The molecule has 1 aromatic rings. The van der Waals surface area contributed by atoms with Crippen molar-refractivity contribution in [3.63, 3.8) is 0 Å². The number of rotatable bonds is 4. The van der Waals surface area contributed by atoms with Gasteiger partial charge in [-0.25, -0.2) is 0 Å². The third-order valence-electron chi connectivity index (χ3n) is 2.59. The Morgan fingerprint density at radius 3 is 2.38 bits per heavy atom. The summed E-state index contributed by atoms with van der Waals surface area (Å²) in [5, 5.41) is 2.89. The lowest BCUT2D eigenvalue weighted by Gasteiger charge is -2.19. The third kappa shape index (κ3) is 3.31. The van der Waals surface area contributed by atoms with Gasteiger partial charge in [-0.3, -0.25) is 9.78 Å². The molecule has 0 saturated carbocycles. The molecule has 88 valence electrons. The Bertz CT molecular complexity index is 337. The first kappa shape index (κ1) is 12.6. The van der Waals surface area contributed by atoms with Crippen molar-refractivity contribution in [1.29, 1.82) is 0 Å². The second kappa shape index (κ2) is 5.61. The topological polar surface area (TPSA) is 68.0 Å². The van der Waals surface area contributed by atoms with E-state index in [1.807, 2.05) is 32.9 Å². The molecule has 0 aliphatic carbocycles. The van der Waals surface area contributed by atoms with Crippen LogP contribution in [0.3, 0.4) is 0 Å². The van der Waals surface area contributed by atoms with E-state index in [-0.39, 0.29) is 17.9 Å². The van der Waals surface area contributed by atoms with Crippen LogP contribution in [0.4, 0.5) is 0 Å². The monoisotopic (exact) mass is 221 g/mol. The molecule has 16 heavy (non-hydrogen) atoms. The molecule has 0 aromatic carbocycles. The Morgan fingerprint density at radius 1 is 1.31 bits per heavy atom. The van der Waals surface area contributed by atoms with Crippen LogP contribution < -0.4 is 11.1 Å². The molecule has 0 radical (unpaired) electrons. The smallest absolute Gasteiger partial charge is 0.237 e. The van der Waals surface area contributed by atoms with Crippen LogP contribution in [0.5, 0.6) is 0 Å². The van der Waals surface area contributed by atoms with E-state index < -0.39 is 6.04 Å². The van der Waals surface area contributed by atoms with Crippen molar-refractivity contribution in [3.05, 3.63) is 30.1 Å². The maximum atomic E-state index is 11.7. The lowest BCUT2D eigenvalue weighted by molar-refractivity contribution is -0.123. The zero-order valence-electron chi connectivity index (χ0n) is 9.97. The minimum atomic E-state index is -0.454. The summed E-state index contributed by atoms with van der Waals surface area (Å²) in [5.41, 5.74) is 6.79. The van der Waals surface area contributed by atoms with E-state index in [1.54, 1.807) is 12.4 Å². The van der Waals surface area contributed by atoms with Crippen LogP contribution >= 0.6 is 0 Å². The van der Waals surface area contributed by atoms with E-state index in [2.05, 4.69) is 10.3 Å². The normalized spacial score (nSPS) is 14.6. The highest BCUT2D eigenvalue weighted by molar-refractivity contribution is 5.82. The molecule has 4 nitrogen and oxygen atoms in total. The Morgan fingerprint density at radius 2 is 1.88 bits per heavy atom. The number of aromatic nitrogens is 1. The molecule has 1 aromatic heterocycles. The van der Waals surface area contributed by atoms with Gasteiger partial charge in [0.15, 0.2) is 0 Å². The predicted octanol–water partition coefficient (Wildman–Crippen LogP) is 1.24. The maximum absolute atomic E-state index is 11.7. The fraction of sp³-hybridized carbons (Fsp3) is 0.500. The quantitative estimate of drug-likeness (QED) is 0.803. The fourth-order valence-electron chi connectivity index (χ4n) is 1.35. The standard InChI is InChI=1S/C12H19N3O/c1-8(2)11(13)12(16)15-9(3)10-4-6-14-7-5-10/h4-9,11H,13H2,1-3H3,(H,15,16)/t9-,11+/m0/s1. The van der Waals surface area contributed by atoms with Crippen LogP contribution in [0.1, 0.15) is 32.4 Å². The van der Waals surface area contributed by atoms with Gasteiger partial charge in [0, 0.05) is 12.4 Å². The molecule has 0 aliphatic rings. The van der Waals surface area contributed by atoms with Crippen LogP contribution in [0, 0.1) is 5.92 Å². The van der Waals surface area contributed by atoms with Crippen molar-refractivity contribution in [3.8, 4) is 0 Å². The first-order valence-electron chi connectivity index (χ1n) is 5.48. The molecule has 4 heteroatoms. The molecule has 0 aliphatic heterocycles. The second-order valence-electron chi connectivity index (χ2n) is 4.28. The minimum Gasteiger partial charge on any atom is -0.348 e. The SMILES string of the molecule is CC(C)[C@@H](N)C(=O)N[C@@H](C)c1ccncc1. The van der Waals surface area contributed by atoms with Crippen LogP contribution in [-0.4, -0.2) is 16.9 Å². The van der Waals surface area contributed by atoms with E-state index in [9.17, 15) is 4.79 Å². The molecule has 0 fully saturated rings. The third-order valence-corrected chi connectivity index (χ3v) is 2.59. The van der Waals surface area contributed by atoms with Crippen LogP contribution in [0.15, 0.2) is 24.5 Å². The van der Waals surface area contributed by atoms with E-state index in [0.29, 0.717) is 0 Å². The summed E-state index contributed by atoms with van der Waals surface area (Å²) >= 11 is 0. The first-order chi connectivity index (χ1) is 7.52. The summed E-state index contributed by atoms with van der Waals surface area (Å²) in [5.74, 6) is 0.0314. The Kier molecular flexibility index (Phi) is 4.43. The number of nitrogens with zero attached hydrogens (tertiary/aromatic N) is 1. The van der Waals surface area contributed by atoms with E-state index >= 15 is 0 Å². The zero-order chi connectivity index (χ0) is 12.1. The van der Waals surface area contributed by atoms with E-state index in [4.69, 9.17) is 5.73 Å². The summed E-state index contributed by atoms with van der Waals surface area (Å²) in [6, 6.07) is 3.27. The predicted molar refractivity (Wildman–Crippen MR) is 63.6 cm³/mol. The second-order valence-corrected chi connectivity index (χ2v) is 4.28. The zero-order valence-corrected chi connectivity index (χ0v) is 9.97. The summed E-state index contributed by atoms with van der Waals surface area (Å²) in [4.78, 5) is 15.6. The van der Waals surface area contributed by atoms with Crippen molar-refractivity contribution in [2.75, 3.05) is 0 Å². The van der Waals surface area contributed by atoms with Gasteiger partial charge < -0.3 is 11.1 Å². The first-order valence-corrected chi connectivity index (χ1v) is 5.48. The van der Waals surface area contributed by atoms with Gasteiger partial charge in [-0.15, -0.1) is 0 Å². The minimum absolute atomic E-state index is 0.0414. The van der Waals surface area contributed by atoms with Crippen molar-refractivity contribution in [2.45, 2.75) is 32.9 Å². The molecule has 0 saturated heterocycles. The van der Waals surface area contributed by atoms with Crippen LogP contribution in [-0.2, 0) is 4.79 Å². The molecule has 0 spiro atoms. The highest BCUT2D eigenvalue weighted by atomic mass is 16.2. The highest BCUT2D eigenvalue weighted by Gasteiger charge is 2.19. The fourth-order valence-corrected chi connectivity index (χ4v) is 1.35. The van der Waals surface area contributed by atoms with Gasteiger partial charge >= 0.3 is 0 Å². The van der Waals surface area contributed by atoms with Crippen LogP contribution in [0.2, 0.25) is 0 Å². The number of carbonyl (C=O) groups is 1. The average molecular weight is 221 g/mol. The van der Waals surface area contributed by atoms with Gasteiger partial charge in [0.25, 0.3) is 0 Å². The largest absolute Gasteiger partial charge is 0.348 e. The number of hydrogen-bond donors (Lipinski definition) is 2. The molecule has 1 heterocycles. The van der Waals surface area contributed by atoms with Gasteiger partial charge in [-0.05, 0) is 30.5 Å². The summed E-state index contributed by atoms with van der Waals surface area (Å²) in [6.07, 6.45) is 3.42. The molecule has 1 amide bonds. The van der Waals surface area contributed by atoms with E-state index in [1.165, 1.54) is 0 Å². The summed E-state index contributed by atoms with van der Waals surface area (Å²) < 4.78 is 0. The molecule has 3 N–H and O–H groups in total. The van der Waals surface area contributed by atoms with Gasteiger partial charge in [0.05, 0.1) is 12.1 Å². The van der Waals surface area contributed by atoms with E-state index in [0.717, 1.165) is 5.56 Å². The Hall–Kier alpha value is -1.42. The number of hydrogen-bond acceptors (Lipinski definition) is 3. The lowest BCUT2D eigenvalue weighted by Crippen LogP contribution is -2.44. The number of nitrogens with two attached hydrogens (primary N) is 1. The molecular weight excluding hydrogens is 202 g/mol. The molecule has 1 rings (SSSR count). The van der Waals surface area contributed by atoms with Gasteiger partial charge in [-0.2, -0.15) is 0 Å². The summed E-state index contributed by atoms with van der Waals surface area (Å²) in [7, 11) is 0. The van der Waals surface area contributed by atoms with Gasteiger partial charge in [-0.1, -0.05) is 13.8 Å². The summed E-state index contributed by atoms with van der Waals surface area (Å²) in [6.45, 7) is 5.79. The lowest BCUT2D eigenvalue weighted by atomic mass is 10.0. The van der Waals surface area contributed by atoms with Crippen molar-refractivity contribution >= 4 is 5.91 Å². The maximum Gasteiger partial charge on any atom is 0.237 e.